The van der Waals surface area contributed by atoms with Gasteiger partial charge in [0.1, 0.15) is 0 Å². The van der Waals surface area contributed by atoms with Crippen LogP contribution in [-0.4, -0.2) is 13.4 Å². The van der Waals surface area contributed by atoms with E-state index in [-0.39, 0.29) is 0 Å². The fraction of sp³-hybridized carbons (Fsp3) is 0.100. The zero-order valence-corrected chi connectivity index (χ0v) is 7.14. The molecule has 1 aromatic carbocycles. The molecule has 2 nitrogen and oxygen atoms in total. The highest BCUT2D eigenvalue weighted by atomic mass is 15.1. The van der Waals surface area contributed by atoms with Crippen molar-refractivity contribution in [3.8, 4) is 0 Å². The van der Waals surface area contributed by atoms with E-state index < -0.39 is 0 Å². The lowest BCUT2D eigenvalue weighted by Crippen LogP contribution is -2.13. The third-order valence-corrected chi connectivity index (χ3v) is 1.51. The zero-order chi connectivity index (χ0) is 8.81. The second-order valence-corrected chi connectivity index (χ2v) is 2.39. The van der Waals surface area contributed by atoms with Crippen molar-refractivity contribution in [1.82, 2.24) is 0 Å². The van der Waals surface area contributed by atoms with Gasteiger partial charge in [0.25, 0.3) is 0 Å². The molecule has 0 bridgehead atoms. The van der Waals surface area contributed by atoms with E-state index in [9.17, 15) is 0 Å². The van der Waals surface area contributed by atoms with Crippen LogP contribution in [0.4, 0.5) is 5.69 Å². The molecular weight excluding hydrogens is 148 g/mol. The maximum absolute atomic E-state index is 3.91. The van der Waals surface area contributed by atoms with Crippen LogP contribution in [0.2, 0.25) is 0 Å². The van der Waals surface area contributed by atoms with Crippen LogP contribution in [-0.2, 0) is 0 Å². The molecule has 0 radical (unpaired) electrons. The average Bonchev–Trinajstić information content (AvgIpc) is 2.15. The summed E-state index contributed by atoms with van der Waals surface area (Å²) in [4.78, 5) is 5.85. The number of rotatable bonds is 3. The fourth-order valence-corrected chi connectivity index (χ4v) is 0.877. The van der Waals surface area contributed by atoms with Crippen molar-refractivity contribution in [3.63, 3.8) is 0 Å². The van der Waals surface area contributed by atoms with Gasteiger partial charge in [-0.15, -0.1) is 0 Å². The van der Waals surface area contributed by atoms with Gasteiger partial charge in [0.05, 0.1) is 6.34 Å². The minimum absolute atomic E-state index is 1.11. The predicted octanol–water partition coefficient (Wildman–Crippen LogP) is 2.29. The van der Waals surface area contributed by atoms with Crippen molar-refractivity contribution in [2.45, 2.75) is 0 Å². The first-order chi connectivity index (χ1) is 5.84. The summed E-state index contributed by atoms with van der Waals surface area (Å²) < 4.78 is 0. The summed E-state index contributed by atoms with van der Waals surface area (Å²) in [6.07, 6.45) is 3.24. The topological polar surface area (TPSA) is 15.6 Å². The van der Waals surface area contributed by atoms with Crippen LogP contribution in [0.15, 0.2) is 48.1 Å². The van der Waals surface area contributed by atoms with E-state index in [1.54, 1.807) is 6.34 Å². The Hall–Kier alpha value is -1.57. The van der Waals surface area contributed by atoms with Crippen molar-refractivity contribution in [2.24, 2.45) is 4.99 Å². The van der Waals surface area contributed by atoms with Gasteiger partial charge >= 0.3 is 0 Å². The number of para-hydroxylation sites is 1. The molecular formula is C10H12N2. The van der Waals surface area contributed by atoms with E-state index in [4.69, 9.17) is 0 Å². The Morgan fingerprint density at radius 3 is 2.58 bits per heavy atom. The number of nitrogens with zero attached hydrogens (tertiary/aromatic N) is 2. The van der Waals surface area contributed by atoms with E-state index >= 15 is 0 Å². The molecule has 0 aliphatic rings. The smallest absolute Gasteiger partial charge is 0.0946 e. The van der Waals surface area contributed by atoms with Crippen LogP contribution in [0.3, 0.4) is 0 Å². The molecule has 2 heteroatoms. The van der Waals surface area contributed by atoms with Crippen LogP contribution < -0.4 is 4.90 Å². The first-order valence-electron chi connectivity index (χ1n) is 3.76. The average molecular weight is 160 g/mol. The summed E-state index contributed by atoms with van der Waals surface area (Å²) in [7, 11) is 1.95. The number of hydrogen-bond donors (Lipinski definition) is 0. The summed E-state index contributed by atoms with van der Waals surface area (Å²) in [5.41, 5.74) is 1.11. The molecule has 0 saturated heterocycles. The summed E-state index contributed by atoms with van der Waals surface area (Å²) in [6.45, 7) is 3.50. The molecule has 12 heavy (non-hydrogen) atoms. The van der Waals surface area contributed by atoms with Gasteiger partial charge in [-0.25, -0.2) is 4.99 Å². The van der Waals surface area contributed by atoms with Gasteiger partial charge in [-0.3, -0.25) is 0 Å². The third kappa shape index (κ3) is 2.23. The van der Waals surface area contributed by atoms with Crippen molar-refractivity contribution >= 4 is 12.0 Å². The molecule has 0 aliphatic heterocycles. The lowest BCUT2D eigenvalue weighted by atomic mass is 10.3. The molecule has 0 fully saturated rings. The second kappa shape index (κ2) is 4.34. The van der Waals surface area contributed by atoms with Crippen molar-refractivity contribution < 1.29 is 0 Å². The molecule has 0 unspecified atom stereocenters. The lowest BCUT2D eigenvalue weighted by molar-refractivity contribution is 1.29. The zero-order valence-electron chi connectivity index (χ0n) is 7.14. The van der Waals surface area contributed by atoms with E-state index in [0.29, 0.717) is 0 Å². The number of aliphatic imine (C=N–C) groups is 1. The quantitative estimate of drug-likeness (QED) is 0.489. The Balaban J connectivity index is 2.71. The standard InChI is InChI=1S/C10H12N2/c1-3-11-9-12(2)10-7-5-4-6-8-10/h3-9H,1H2,2H3. The molecule has 0 aromatic heterocycles. The predicted molar refractivity (Wildman–Crippen MR) is 53.5 cm³/mol. The molecule has 0 atom stereocenters. The minimum atomic E-state index is 1.11. The van der Waals surface area contributed by atoms with E-state index in [0.717, 1.165) is 5.69 Å². The molecule has 0 N–H and O–H groups in total. The van der Waals surface area contributed by atoms with Crippen LogP contribution in [0.1, 0.15) is 0 Å². The molecule has 1 rings (SSSR count). The second-order valence-electron chi connectivity index (χ2n) is 2.39. The maximum atomic E-state index is 3.91. The van der Waals surface area contributed by atoms with Crippen LogP contribution in [0, 0.1) is 0 Å². The highest BCUT2D eigenvalue weighted by molar-refractivity contribution is 5.78. The van der Waals surface area contributed by atoms with Gasteiger partial charge in [-0.05, 0) is 12.1 Å². The number of hydrogen-bond acceptors (Lipinski definition) is 1. The maximum Gasteiger partial charge on any atom is 0.0946 e. The Labute approximate surface area is 72.9 Å². The highest BCUT2D eigenvalue weighted by Crippen LogP contribution is 2.08. The van der Waals surface area contributed by atoms with Gasteiger partial charge in [-0.2, -0.15) is 0 Å². The fourth-order valence-electron chi connectivity index (χ4n) is 0.877. The summed E-state index contributed by atoms with van der Waals surface area (Å²) in [5, 5.41) is 0. The summed E-state index contributed by atoms with van der Waals surface area (Å²) in [5.74, 6) is 0. The van der Waals surface area contributed by atoms with Gasteiger partial charge in [0, 0.05) is 18.9 Å². The molecule has 0 spiro atoms. The Morgan fingerprint density at radius 1 is 1.33 bits per heavy atom. The van der Waals surface area contributed by atoms with Crippen LogP contribution >= 0.6 is 0 Å². The van der Waals surface area contributed by atoms with E-state index in [2.05, 4.69) is 11.6 Å². The van der Waals surface area contributed by atoms with Crippen LogP contribution in [0.25, 0.3) is 0 Å². The Kier molecular flexibility index (Phi) is 3.08. The highest BCUT2D eigenvalue weighted by Gasteiger charge is 1.92. The normalized spacial score (nSPS) is 10.1. The number of benzene rings is 1. The van der Waals surface area contributed by atoms with Gasteiger partial charge in [-0.1, -0.05) is 24.8 Å². The van der Waals surface area contributed by atoms with Crippen molar-refractivity contribution in [1.29, 1.82) is 0 Å². The van der Waals surface area contributed by atoms with Gasteiger partial charge in [0.2, 0.25) is 0 Å². The van der Waals surface area contributed by atoms with Gasteiger partial charge < -0.3 is 4.90 Å². The molecule has 0 aliphatic carbocycles. The first kappa shape index (κ1) is 8.53. The monoisotopic (exact) mass is 160 g/mol. The Bertz CT molecular complexity index is 264. The largest absolute Gasteiger partial charge is 0.336 e. The van der Waals surface area contributed by atoms with Crippen molar-refractivity contribution in [3.05, 3.63) is 43.1 Å². The molecule has 1 aromatic rings. The van der Waals surface area contributed by atoms with Crippen LogP contribution in [0.5, 0.6) is 0 Å². The molecule has 0 saturated carbocycles. The summed E-state index contributed by atoms with van der Waals surface area (Å²) >= 11 is 0. The molecule has 62 valence electrons. The minimum Gasteiger partial charge on any atom is -0.336 e. The Morgan fingerprint density at radius 2 is 2.00 bits per heavy atom. The SMILES string of the molecule is C=CN=CN(C)c1ccccc1. The van der Waals surface area contributed by atoms with E-state index in [1.807, 2.05) is 42.3 Å². The molecule has 0 amide bonds. The first-order valence-corrected chi connectivity index (χ1v) is 3.76. The summed E-state index contributed by atoms with van der Waals surface area (Å²) in [6, 6.07) is 10.0. The third-order valence-electron chi connectivity index (χ3n) is 1.51. The lowest BCUT2D eigenvalue weighted by Gasteiger charge is -2.11. The van der Waals surface area contributed by atoms with Gasteiger partial charge in [0.15, 0.2) is 0 Å². The van der Waals surface area contributed by atoms with E-state index in [1.165, 1.54) is 6.20 Å². The van der Waals surface area contributed by atoms with Crippen molar-refractivity contribution in [2.75, 3.05) is 11.9 Å². The number of anilines is 1. The molecule has 0 heterocycles.